The van der Waals surface area contributed by atoms with Gasteiger partial charge in [-0.05, 0) is 35.9 Å². The van der Waals surface area contributed by atoms with Crippen molar-refractivity contribution in [1.82, 2.24) is 5.32 Å². The van der Waals surface area contributed by atoms with Gasteiger partial charge in [-0.15, -0.1) is 0 Å². The van der Waals surface area contributed by atoms with Gasteiger partial charge >= 0.3 is 0 Å². The molecule has 4 nitrogen and oxygen atoms in total. The zero-order valence-corrected chi connectivity index (χ0v) is 13.3. The average Bonchev–Trinajstić information content (AvgIpc) is 2.52. The summed E-state index contributed by atoms with van der Waals surface area (Å²) in [5.74, 6) is 0.581. The van der Waals surface area contributed by atoms with E-state index < -0.39 is 0 Å². The minimum atomic E-state index is -0.258. The Labute approximate surface area is 132 Å². The molecule has 0 aromatic heterocycles. The number of methoxy groups -OCH3 is 1. The van der Waals surface area contributed by atoms with Gasteiger partial charge < -0.3 is 15.8 Å². The van der Waals surface area contributed by atoms with Crippen LogP contribution in [0.1, 0.15) is 22.0 Å². The molecule has 1 atom stereocenters. The molecule has 0 bridgehead atoms. The Morgan fingerprint density at radius 1 is 1.29 bits per heavy atom. The van der Waals surface area contributed by atoms with Gasteiger partial charge in [0.25, 0.3) is 5.91 Å². The van der Waals surface area contributed by atoms with Crippen LogP contribution in [0.15, 0.2) is 53.0 Å². The number of nitrogens with one attached hydrogen (secondary N) is 1. The second-order valence-electron chi connectivity index (χ2n) is 4.55. The Hall–Kier alpha value is -1.85. The van der Waals surface area contributed by atoms with Crippen LogP contribution < -0.4 is 15.8 Å². The number of nitrogens with two attached hydrogens (primary N) is 1. The molecule has 21 heavy (non-hydrogen) atoms. The first-order valence-corrected chi connectivity index (χ1v) is 7.34. The van der Waals surface area contributed by atoms with Crippen LogP contribution in [0.25, 0.3) is 0 Å². The molecule has 5 heteroatoms. The summed E-state index contributed by atoms with van der Waals surface area (Å²) in [7, 11) is 1.61. The van der Waals surface area contributed by atoms with E-state index >= 15 is 0 Å². The second kappa shape index (κ2) is 7.24. The average molecular weight is 349 g/mol. The summed E-state index contributed by atoms with van der Waals surface area (Å²) < 4.78 is 6.06. The van der Waals surface area contributed by atoms with Crippen LogP contribution in [0.4, 0.5) is 0 Å². The van der Waals surface area contributed by atoms with E-state index in [0.717, 1.165) is 15.8 Å². The fraction of sp³-hybridized carbons (Fsp3) is 0.188. The fourth-order valence-corrected chi connectivity index (χ4v) is 2.41. The predicted molar refractivity (Wildman–Crippen MR) is 86.4 cm³/mol. The summed E-state index contributed by atoms with van der Waals surface area (Å²) in [6.45, 7) is 0.312. The Balaban J connectivity index is 2.16. The van der Waals surface area contributed by atoms with Crippen LogP contribution in [0.3, 0.4) is 0 Å². The summed E-state index contributed by atoms with van der Waals surface area (Å²) in [4.78, 5) is 12.3. The molecule has 110 valence electrons. The molecular formula is C16H17BrN2O2. The Kier molecular flexibility index (Phi) is 5.36. The summed E-state index contributed by atoms with van der Waals surface area (Å²) in [5.41, 5.74) is 7.29. The second-order valence-corrected chi connectivity index (χ2v) is 5.46. The van der Waals surface area contributed by atoms with Crippen molar-refractivity contribution in [2.45, 2.75) is 6.04 Å². The topological polar surface area (TPSA) is 64.3 Å². The largest absolute Gasteiger partial charge is 0.497 e. The Bertz CT molecular complexity index is 631. The number of halogens is 1. The van der Waals surface area contributed by atoms with Gasteiger partial charge in [0.1, 0.15) is 5.75 Å². The monoisotopic (exact) mass is 348 g/mol. The first-order valence-electron chi connectivity index (χ1n) is 6.54. The number of hydrogen-bond donors (Lipinski definition) is 2. The van der Waals surface area contributed by atoms with Crippen molar-refractivity contribution in [2.75, 3.05) is 13.7 Å². The maximum absolute atomic E-state index is 12.3. The molecule has 1 unspecified atom stereocenters. The molecule has 3 N–H and O–H groups in total. The van der Waals surface area contributed by atoms with Gasteiger partial charge in [-0.25, -0.2) is 0 Å². The molecule has 0 fully saturated rings. The molecule has 1 amide bonds. The number of rotatable bonds is 5. The van der Waals surface area contributed by atoms with Crippen molar-refractivity contribution in [2.24, 2.45) is 5.73 Å². The van der Waals surface area contributed by atoms with E-state index in [-0.39, 0.29) is 11.9 Å². The maximum atomic E-state index is 12.3. The standard InChI is InChI=1S/C16H17BrN2O2/c1-21-14-7-3-4-11(9-14)15(10-18)19-16(20)12-5-2-6-13(17)8-12/h2-9,15H,10,18H2,1H3,(H,19,20). The van der Waals surface area contributed by atoms with Gasteiger partial charge in [0.05, 0.1) is 13.2 Å². The van der Waals surface area contributed by atoms with E-state index in [1.54, 1.807) is 19.2 Å². The number of carbonyl (C=O) groups is 1. The van der Waals surface area contributed by atoms with Gasteiger partial charge in [0.15, 0.2) is 0 Å². The third-order valence-electron chi connectivity index (χ3n) is 3.12. The summed E-state index contributed by atoms with van der Waals surface area (Å²) in [6.07, 6.45) is 0. The first-order chi connectivity index (χ1) is 10.1. The van der Waals surface area contributed by atoms with Crippen LogP contribution in [0.2, 0.25) is 0 Å². The van der Waals surface area contributed by atoms with E-state index in [1.807, 2.05) is 36.4 Å². The predicted octanol–water partition coefficient (Wildman–Crippen LogP) is 2.89. The molecular weight excluding hydrogens is 332 g/mol. The number of carbonyl (C=O) groups excluding carboxylic acids is 1. The normalized spacial score (nSPS) is 11.8. The molecule has 0 saturated carbocycles. The fourth-order valence-electron chi connectivity index (χ4n) is 2.01. The lowest BCUT2D eigenvalue weighted by atomic mass is 10.1. The van der Waals surface area contributed by atoms with Crippen LogP contribution in [0, 0.1) is 0 Å². The quantitative estimate of drug-likeness (QED) is 0.873. The van der Waals surface area contributed by atoms with Crippen molar-refractivity contribution < 1.29 is 9.53 Å². The Morgan fingerprint density at radius 3 is 2.71 bits per heavy atom. The van der Waals surface area contributed by atoms with E-state index in [9.17, 15) is 4.79 Å². The molecule has 0 aliphatic heterocycles. The van der Waals surface area contributed by atoms with Gasteiger partial charge in [-0.2, -0.15) is 0 Å². The number of benzene rings is 2. The van der Waals surface area contributed by atoms with E-state index in [0.29, 0.717) is 12.1 Å². The number of hydrogen-bond acceptors (Lipinski definition) is 3. The van der Waals surface area contributed by atoms with Crippen LogP contribution >= 0.6 is 15.9 Å². The molecule has 0 radical (unpaired) electrons. The first kappa shape index (κ1) is 15.5. The minimum absolute atomic E-state index is 0.158. The van der Waals surface area contributed by atoms with Crippen LogP contribution in [-0.2, 0) is 0 Å². The van der Waals surface area contributed by atoms with Crippen LogP contribution in [-0.4, -0.2) is 19.6 Å². The van der Waals surface area contributed by atoms with Gasteiger partial charge in [0.2, 0.25) is 0 Å². The van der Waals surface area contributed by atoms with Crippen molar-refractivity contribution >= 4 is 21.8 Å². The lowest BCUT2D eigenvalue weighted by Gasteiger charge is -2.18. The zero-order valence-electron chi connectivity index (χ0n) is 11.7. The highest BCUT2D eigenvalue weighted by molar-refractivity contribution is 9.10. The molecule has 0 saturated heterocycles. The molecule has 2 rings (SSSR count). The maximum Gasteiger partial charge on any atom is 0.251 e. The van der Waals surface area contributed by atoms with Gasteiger partial charge in [-0.3, -0.25) is 4.79 Å². The minimum Gasteiger partial charge on any atom is -0.497 e. The summed E-state index contributed by atoms with van der Waals surface area (Å²) in [6, 6.07) is 14.5. The number of ether oxygens (including phenoxy) is 1. The van der Waals surface area contributed by atoms with Crippen molar-refractivity contribution in [3.05, 3.63) is 64.1 Å². The molecule has 0 heterocycles. The van der Waals surface area contributed by atoms with Crippen molar-refractivity contribution in [3.8, 4) is 5.75 Å². The SMILES string of the molecule is COc1cccc(C(CN)NC(=O)c2cccc(Br)c2)c1. The zero-order chi connectivity index (χ0) is 15.2. The van der Waals surface area contributed by atoms with Crippen molar-refractivity contribution in [1.29, 1.82) is 0 Å². The molecule has 2 aromatic rings. The summed E-state index contributed by atoms with van der Waals surface area (Å²) in [5, 5.41) is 2.94. The van der Waals surface area contributed by atoms with Crippen molar-refractivity contribution in [3.63, 3.8) is 0 Å². The van der Waals surface area contributed by atoms with E-state index in [2.05, 4.69) is 21.2 Å². The molecule has 0 aliphatic carbocycles. The van der Waals surface area contributed by atoms with Gasteiger partial charge in [-0.1, -0.05) is 34.1 Å². The Morgan fingerprint density at radius 2 is 2.05 bits per heavy atom. The third kappa shape index (κ3) is 4.06. The van der Waals surface area contributed by atoms with E-state index in [1.165, 1.54) is 0 Å². The molecule has 2 aromatic carbocycles. The molecule has 0 spiro atoms. The van der Waals surface area contributed by atoms with Crippen LogP contribution in [0.5, 0.6) is 5.75 Å². The van der Waals surface area contributed by atoms with E-state index in [4.69, 9.17) is 10.5 Å². The smallest absolute Gasteiger partial charge is 0.251 e. The third-order valence-corrected chi connectivity index (χ3v) is 3.62. The lowest BCUT2D eigenvalue weighted by Crippen LogP contribution is -2.33. The highest BCUT2D eigenvalue weighted by Gasteiger charge is 2.15. The lowest BCUT2D eigenvalue weighted by molar-refractivity contribution is 0.0937. The van der Waals surface area contributed by atoms with Gasteiger partial charge in [0, 0.05) is 16.6 Å². The highest BCUT2D eigenvalue weighted by atomic mass is 79.9. The number of amides is 1. The molecule has 0 aliphatic rings. The summed E-state index contributed by atoms with van der Waals surface area (Å²) >= 11 is 3.36. The highest BCUT2D eigenvalue weighted by Crippen LogP contribution is 2.19.